The van der Waals surface area contributed by atoms with Crippen LogP contribution in [0.3, 0.4) is 0 Å². The van der Waals surface area contributed by atoms with Gasteiger partial charge in [-0.25, -0.2) is 0 Å². The minimum Gasteiger partial charge on any atom is -0.508 e. The van der Waals surface area contributed by atoms with E-state index < -0.39 is 109 Å². The molecule has 12 heteroatoms. The topological polar surface area (TPSA) is 208 Å². The minimum absolute atomic E-state index is 0.0861. The van der Waals surface area contributed by atoms with E-state index in [-0.39, 0.29) is 22.5 Å². The van der Waals surface area contributed by atoms with E-state index in [2.05, 4.69) is 0 Å². The summed E-state index contributed by atoms with van der Waals surface area (Å²) in [5, 5.41) is 71.1. The maximum atomic E-state index is 15.0. The first-order valence-electron chi connectivity index (χ1n) is 18.3. The lowest BCUT2D eigenvalue weighted by molar-refractivity contribution is -0.450. The Hall–Kier alpha value is -4.20. The van der Waals surface area contributed by atoms with Gasteiger partial charge in [-0.1, -0.05) is 49.5 Å². The number of fused-ring (bicyclic) bond motifs is 11. The van der Waals surface area contributed by atoms with Crippen LogP contribution in [-0.4, -0.2) is 82.1 Å². The highest BCUT2D eigenvalue weighted by Crippen LogP contribution is 2.84. The van der Waals surface area contributed by atoms with Crippen LogP contribution in [0.5, 0.6) is 0 Å². The predicted octanol–water partition coefficient (Wildman–Crippen LogP) is 4.41. The summed E-state index contributed by atoms with van der Waals surface area (Å²) in [6, 6.07) is 0. The van der Waals surface area contributed by atoms with E-state index >= 15 is 4.79 Å². The molecule has 5 saturated carbocycles. The van der Waals surface area contributed by atoms with Crippen molar-refractivity contribution >= 4 is 23.1 Å². The van der Waals surface area contributed by atoms with Gasteiger partial charge >= 0.3 is 0 Å². The molecule has 288 valence electrons. The number of hydrogen-bond donors (Lipinski definition) is 6. The third-order valence-electron chi connectivity index (χ3n) is 14.5. The van der Waals surface area contributed by atoms with Gasteiger partial charge in [-0.3, -0.25) is 19.2 Å². The van der Waals surface area contributed by atoms with Crippen LogP contribution in [0.25, 0.3) is 0 Å². The maximum absolute atomic E-state index is 15.0. The SMILES string of the molecule is C/C=C/C=C/C(O)=C1C(=O)[C@]2(C)C(=O)[C@@](C)(O)[C@H]1[C@@H](C)[C@@H]2/C=C/C(O)=C1C(=O)[C@@]2(C)[C@H]3C(=C(O)/C=C/C=C/C)C(=O)[C@@]4(C)[C@@H]1[C@]1(C)O[C@]4(O)[C@]3(C)O[C@@]12O. The quantitative estimate of drug-likeness (QED) is 0.0735. The van der Waals surface area contributed by atoms with Gasteiger partial charge in [-0.2, -0.15) is 0 Å². The van der Waals surface area contributed by atoms with Gasteiger partial charge in [0.15, 0.2) is 23.1 Å². The lowest BCUT2D eigenvalue weighted by atomic mass is 9.39. The number of rotatable bonds is 6. The second-order valence-electron chi connectivity index (χ2n) is 17.0. The standard InChI is InChI=1S/C42H48O12/c1-10-12-14-16-22(43)25-28-20(3)21(35(4,31(25)46)34(49)38(28,7)50)18-19-24(45)27-30-37(6)32(47)26(23(44)17-15-13-11-2)29-36(5,33(27)48)41(51)40(30,9)54-42(37,52)39(29,8)53-41/h10-21,28-30,43-45,50-52H,1-9H3/b12-10+,13-11+,16-14+,17-15+,19-18+,25-22?,26-23?,27-24?/t20-,21-,28-,29+,30+,35+,36+,37+,38-,39+,40-,41+,42-/m0/s1. The van der Waals surface area contributed by atoms with Crippen LogP contribution in [-0.2, 0) is 28.7 Å². The zero-order valence-corrected chi connectivity index (χ0v) is 31.8. The van der Waals surface area contributed by atoms with Crippen molar-refractivity contribution in [2.24, 2.45) is 45.8 Å². The van der Waals surface area contributed by atoms with Crippen LogP contribution in [0, 0.1) is 45.8 Å². The summed E-state index contributed by atoms with van der Waals surface area (Å²) in [6.07, 6.45) is 14.9. The Morgan fingerprint density at radius 2 is 1.02 bits per heavy atom. The molecule has 0 radical (unpaired) electrons. The molecule has 12 nitrogen and oxygen atoms in total. The van der Waals surface area contributed by atoms with Gasteiger partial charge in [0.25, 0.3) is 0 Å². The summed E-state index contributed by atoms with van der Waals surface area (Å²) in [5.41, 5.74) is -12.6. The van der Waals surface area contributed by atoms with E-state index in [1.54, 1.807) is 45.1 Å². The molecule has 7 rings (SSSR count). The van der Waals surface area contributed by atoms with Crippen molar-refractivity contribution in [2.75, 3.05) is 0 Å². The second kappa shape index (κ2) is 11.0. The zero-order valence-electron chi connectivity index (χ0n) is 31.8. The molecular weight excluding hydrogens is 696 g/mol. The highest BCUT2D eigenvalue weighted by atomic mass is 16.8. The van der Waals surface area contributed by atoms with Crippen LogP contribution < -0.4 is 0 Å². The monoisotopic (exact) mass is 744 g/mol. The van der Waals surface area contributed by atoms with E-state index in [0.29, 0.717) is 0 Å². The summed E-state index contributed by atoms with van der Waals surface area (Å²) < 4.78 is 12.7. The summed E-state index contributed by atoms with van der Waals surface area (Å²) in [5.74, 6) is -15.1. The fourth-order valence-corrected chi connectivity index (χ4v) is 12.2. The number of allylic oxidation sites excluding steroid dienone is 10. The van der Waals surface area contributed by atoms with Crippen molar-refractivity contribution in [2.45, 2.75) is 90.7 Å². The summed E-state index contributed by atoms with van der Waals surface area (Å²) in [7, 11) is 0. The average molecular weight is 745 g/mol. The van der Waals surface area contributed by atoms with Gasteiger partial charge in [0, 0.05) is 40.4 Å². The van der Waals surface area contributed by atoms with Crippen LogP contribution in [0.2, 0.25) is 0 Å². The number of carbonyl (C=O) groups is 4. The molecule has 2 aliphatic heterocycles. The van der Waals surface area contributed by atoms with Gasteiger partial charge in [0.05, 0.1) is 16.2 Å². The van der Waals surface area contributed by atoms with Crippen molar-refractivity contribution in [1.29, 1.82) is 0 Å². The predicted molar refractivity (Wildman–Crippen MR) is 193 cm³/mol. The molecule has 0 unspecified atom stereocenters. The molecule has 7 aliphatic rings. The molecule has 5 aliphatic carbocycles. The van der Waals surface area contributed by atoms with E-state index in [9.17, 15) is 45.0 Å². The van der Waals surface area contributed by atoms with Crippen molar-refractivity contribution in [3.63, 3.8) is 0 Å². The van der Waals surface area contributed by atoms with Gasteiger partial charge in [0.1, 0.15) is 34.1 Å². The van der Waals surface area contributed by atoms with Gasteiger partial charge in [-0.15, -0.1) is 0 Å². The molecule has 2 bridgehead atoms. The van der Waals surface area contributed by atoms with Crippen molar-refractivity contribution in [3.05, 3.63) is 94.8 Å². The number of aliphatic hydroxyl groups is 6. The lowest BCUT2D eigenvalue weighted by Crippen LogP contribution is -2.74. The van der Waals surface area contributed by atoms with E-state index in [0.717, 1.165) is 0 Å². The molecule has 0 aromatic carbocycles. The molecule has 0 aromatic rings. The van der Waals surface area contributed by atoms with Crippen LogP contribution in [0.15, 0.2) is 94.8 Å². The highest BCUT2D eigenvalue weighted by Gasteiger charge is 2.99. The molecule has 0 aromatic heterocycles. The molecule has 0 spiro atoms. The van der Waals surface area contributed by atoms with Gasteiger partial charge in [-0.05, 0) is 79.5 Å². The molecule has 2 saturated heterocycles. The third-order valence-corrected chi connectivity index (χ3v) is 14.5. The molecule has 7 fully saturated rings. The van der Waals surface area contributed by atoms with Crippen molar-refractivity contribution < 1.29 is 59.3 Å². The highest BCUT2D eigenvalue weighted by molar-refractivity contribution is 6.21. The first-order valence-corrected chi connectivity index (χ1v) is 18.3. The largest absolute Gasteiger partial charge is 0.508 e. The summed E-state index contributed by atoms with van der Waals surface area (Å²) >= 11 is 0. The Morgan fingerprint density at radius 1 is 0.611 bits per heavy atom. The van der Waals surface area contributed by atoms with Crippen LogP contribution >= 0.6 is 0 Å². The summed E-state index contributed by atoms with van der Waals surface area (Å²) in [6.45, 7) is 13.5. The molecule has 2 heterocycles. The summed E-state index contributed by atoms with van der Waals surface area (Å²) in [4.78, 5) is 57.9. The molecule has 13 atom stereocenters. The molecular formula is C42H48O12. The molecule has 54 heavy (non-hydrogen) atoms. The molecule has 0 amide bonds. The van der Waals surface area contributed by atoms with Crippen LogP contribution in [0.1, 0.15) is 62.3 Å². The first-order chi connectivity index (χ1) is 24.9. The Bertz CT molecular complexity index is 2090. The minimum atomic E-state index is -2.45. The van der Waals surface area contributed by atoms with Crippen molar-refractivity contribution in [3.8, 4) is 0 Å². The average Bonchev–Trinajstić information content (AvgIpc) is 3.41. The lowest BCUT2D eigenvalue weighted by Gasteiger charge is -2.58. The third kappa shape index (κ3) is 3.67. The van der Waals surface area contributed by atoms with E-state index in [1.807, 2.05) is 0 Å². The Balaban J connectivity index is 1.41. The number of ether oxygens (including phenoxy) is 2. The number of carbonyl (C=O) groups excluding carboxylic acids is 4. The smallest absolute Gasteiger partial charge is 0.210 e. The fraction of sp³-hybridized carbons (Fsp3) is 0.524. The van der Waals surface area contributed by atoms with Crippen LogP contribution in [0.4, 0.5) is 0 Å². The molecule has 6 N–H and O–H groups in total. The number of ketones is 4. The normalized spacial score (nSPS) is 51.9. The fourth-order valence-electron chi connectivity index (χ4n) is 12.2. The van der Waals surface area contributed by atoms with Crippen molar-refractivity contribution in [1.82, 2.24) is 0 Å². The Labute approximate surface area is 313 Å². The number of Topliss-reactive ketones (excluding diaryl/α,β-unsaturated/α-hetero) is 4. The first kappa shape index (κ1) is 38.1. The van der Waals surface area contributed by atoms with E-state index in [1.165, 1.54) is 78.0 Å². The van der Waals surface area contributed by atoms with E-state index in [4.69, 9.17) is 9.47 Å². The van der Waals surface area contributed by atoms with Gasteiger partial charge in [0.2, 0.25) is 11.6 Å². The Kier molecular flexibility index (Phi) is 7.74. The Morgan fingerprint density at radius 3 is 1.44 bits per heavy atom. The number of aliphatic hydroxyl groups excluding tert-OH is 3. The van der Waals surface area contributed by atoms with Gasteiger partial charge < -0.3 is 40.1 Å². The zero-order chi connectivity index (χ0) is 40.1. The number of hydrogen-bond acceptors (Lipinski definition) is 12. The second-order valence-corrected chi connectivity index (χ2v) is 17.0. The maximum Gasteiger partial charge on any atom is 0.210 e.